The van der Waals surface area contributed by atoms with Crippen LogP contribution < -0.4 is 5.32 Å². The normalized spacial score (nSPS) is 29.3. The van der Waals surface area contributed by atoms with Gasteiger partial charge in [-0.15, -0.1) is 11.8 Å². The first-order chi connectivity index (χ1) is 9.93. The molecule has 1 saturated carbocycles. The maximum atomic E-state index is 12.4. The SMILES string of the molecule is CC1(C)[C@H](C(=O)O)[C@@H]1C(=O)NC1CCSc2ccccc21. The predicted molar refractivity (Wildman–Crippen MR) is 81.1 cm³/mol. The zero-order chi connectivity index (χ0) is 15.2. The van der Waals surface area contributed by atoms with E-state index < -0.39 is 23.2 Å². The van der Waals surface area contributed by atoms with Crippen LogP contribution in [0, 0.1) is 17.3 Å². The highest BCUT2D eigenvalue weighted by atomic mass is 32.2. The number of carbonyl (C=O) groups excluding carboxylic acids is 1. The van der Waals surface area contributed by atoms with Crippen molar-refractivity contribution < 1.29 is 14.7 Å². The molecule has 2 N–H and O–H groups in total. The van der Waals surface area contributed by atoms with Crippen LogP contribution in [0.5, 0.6) is 0 Å². The number of carboxylic acid groups (broad SMARTS) is 1. The van der Waals surface area contributed by atoms with Gasteiger partial charge < -0.3 is 10.4 Å². The number of hydrogen-bond acceptors (Lipinski definition) is 3. The molecule has 0 aromatic heterocycles. The number of nitrogens with one attached hydrogen (secondary N) is 1. The van der Waals surface area contributed by atoms with Crippen molar-refractivity contribution in [3.63, 3.8) is 0 Å². The number of benzene rings is 1. The van der Waals surface area contributed by atoms with Crippen molar-refractivity contribution in [1.29, 1.82) is 0 Å². The third kappa shape index (κ3) is 2.44. The molecule has 1 aliphatic heterocycles. The molecule has 3 rings (SSSR count). The fraction of sp³-hybridized carbons (Fsp3) is 0.500. The van der Waals surface area contributed by atoms with E-state index in [4.69, 9.17) is 0 Å². The molecule has 0 saturated heterocycles. The molecule has 4 nitrogen and oxygen atoms in total. The quantitative estimate of drug-likeness (QED) is 0.901. The first kappa shape index (κ1) is 14.4. The summed E-state index contributed by atoms with van der Waals surface area (Å²) in [4.78, 5) is 24.8. The van der Waals surface area contributed by atoms with Crippen molar-refractivity contribution in [2.75, 3.05) is 5.75 Å². The summed E-state index contributed by atoms with van der Waals surface area (Å²) in [5.41, 5.74) is 0.700. The van der Waals surface area contributed by atoms with Gasteiger partial charge >= 0.3 is 5.97 Å². The van der Waals surface area contributed by atoms with Crippen LogP contribution in [0.3, 0.4) is 0 Å². The molecule has 1 aromatic carbocycles. The maximum Gasteiger partial charge on any atom is 0.307 e. The lowest BCUT2D eigenvalue weighted by Gasteiger charge is -2.26. The minimum absolute atomic E-state index is 0.000736. The van der Waals surface area contributed by atoms with Crippen LogP contribution in [0.25, 0.3) is 0 Å². The molecule has 1 fully saturated rings. The molecule has 112 valence electrons. The highest BCUT2D eigenvalue weighted by Crippen LogP contribution is 2.58. The Bertz CT molecular complexity index is 599. The summed E-state index contributed by atoms with van der Waals surface area (Å²) in [5.74, 6) is -1.01. The third-order valence-corrected chi connectivity index (χ3v) is 5.77. The minimum Gasteiger partial charge on any atom is -0.481 e. The summed E-state index contributed by atoms with van der Waals surface area (Å²) < 4.78 is 0. The maximum absolute atomic E-state index is 12.4. The number of hydrogen-bond donors (Lipinski definition) is 2. The van der Waals surface area contributed by atoms with Gasteiger partial charge in [0.25, 0.3) is 0 Å². The van der Waals surface area contributed by atoms with Crippen LogP contribution in [-0.2, 0) is 9.59 Å². The lowest BCUT2D eigenvalue weighted by molar-refractivity contribution is -0.140. The van der Waals surface area contributed by atoms with Crippen LogP contribution in [0.15, 0.2) is 29.2 Å². The van der Waals surface area contributed by atoms with Crippen LogP contribution in [0.4, 0.5) is 0 Å². The fourth-order valence-corrected chi connectivity index (χ4v) is 4.47. The van der Waals surface area contributed by atoms with Gasteiger partial charge in [-0.3, -0.25) is 9.59 Å². The Labute approximate surface area is 128 Å². The Morgan fingerprint density at radius 3 is 2.67 bits per heavy atom. The number of fused-ring (bicyclic) bond motifs is 1. The van der Waals surface area contributed by atoms with E-state index in [1.807, 2.05) is 32.0 Å². The second kappa shape index (κ2) is 5.05. The molecule has 1 aromatic rings. The second-order valence-electron chi connectivity index (χ2n) is 6.35. The monoisotopic (exact) mass is 305 g/mol. The molecular weight excluding hydrogens is 286 g/mol. The molecule has 1 unspecified atom stereocenters. The number of thioether (sulfide) groups is 1. The number of carbonyl (C=O) groups is 2. The molecular formula is C16H19NO3S. The van der Waals surface area contributed by atoms with Crippen LogP contribution in [0.2, 0.25) is 0 Å². The molecule has 3 atom stereocenters. The fourth-order valence-electron chi connectivity index (χ4n) is 3.34. The Kier molecular flexibility index (Phi) is 3.48. The lowest BCUT2D eigenvalue weighted by Crippen LogP contribution is -2.33. The lowest BCUT2D eigenvalue weighted by atomic mass is 10.0. The zero-order valence-electron chi connectivity index (χ0n) is 12.1. The van der Waals surface area contributed by atoms with E-state index >= 15 is 0 Å². The third-order valence-electron chi connectivity index (χ3n) is 4.65. The highest BCUT2D eigenvalue weighted by Gasteiger charge is 2.66. The van der Waals surface area contributed by atoms with E-state index in [-0.39, 0.29) is 11.9 Å². The van der Waals surface area contributed by atoms with Gasteiger partial charge in [0.1, 0.15) is 0 Å². The summed E-state index contributed by atoms with van der Waals surface area (Å²) in [5, 5.41) is 12.3. The van der Waals surface area contributed by atoms with Gasteiger partial charge in [0, 0.05) is 10.6 Å². The van der Waals surface area contributed by atoms with E-state index in [9.17, 15) is 14.7 Å². The summed E-state index contributed by atoms with van der Waals surface area (Å²) in [7, 11) is 0. The second-order valence-corrected chi connectivity index (χ2v) is 7.49. The van der Waals surface area contributed by atoms with Gasteiger partial charge in [0.05, 0.1) is 17.9 Å². The summed E-state index contributed by atoms with van der Waals surface area (Å²) >= 11 is 1.80. The molecule has 1 aliphatic carbocycles. The molecule has 21 heavy (non-hydrogen) atoms. The van der Waals surface area contributed by atoms with Crippen molar-refractivity contribution >= 4 is 23.6 Å². The van der Waals surface area contributed by atoms with E-state index in [1.165, 1.54) is 4.90 Å². The number of rotatable bonds is 3. The van der Waals surface area contributed by atoms with Crippen LogP contribution in [0.1, 0.15) is 31.9 Å². The molecule has 1 heterocycles. The van der Waals surface area contributed by atoms with Gasteiger partial charge in [-0.2, -0.15) is 0 Å². The van der Waals surface area contributed by atoms with Gasteiger partial charge in [-0.1, -0.05) is 32.0 Å². The topological polar surface area (TPSA) is 66.4 Å². The van der Waals surface area contributed by atoms with Crippen molar-refractivity contribution in [1.82, 2.24) is 5.32 Å². The smallest absolute Gasteiger partial charge is 0.307 e. The van der Waals surface area contributed by atoms with Gasteiger partial charge in [-0.25, -0.2) is 0 Å². The van der Waals surface area contributed by atoms with Crippen molar-refractivity contribution in [3.8, 4) is 0 Å². The predicted octanol–water partition coefficient (Wildman–Crippen LogP) is 2.70. The molecule has 1 amide bonds. The van der Waals surface area contributed by atoms with Gasteiger partial charge in [-0.05, 0) is 23.5 Å². The average molecular weight is 305 g/mol. The van der Waals surface area contributed by atoms with Crippen LogP contribution in [-0.4, -0.2) is 22.7 Å². The first-order valence-electron chi connectivity index (χ1n) is 7.18. The van der Waals surface area contributed by atoms with E-state index in [0.29, 0.717) is 0 Å². The number of carboxylic acids is 1. The average Bonchev–Trinajstić information content (AvgIpc) is 3.02. The minimum atomic E-state index is -0.875. The Morgan fingerprint density at radius 1 is 1.29 bits per heavy atom. The van der Waals surface area contributed by atoms with E-state index in [0.717, 1.165) is 17.7 Å². The molecule has 2 aliphatic rings. The van der Waals surface area contributed by atoms with Crippen molar-refractivity contribution in [2.45, 2.75) is 31.2 Å². The Hall–Kier alpha value is -1.49. The van der Waals surface area contributed by atoms with Crippen LogP contribution >= 0.6 is 11.8 Å². The van der Waals surface area contributed by atoms with Crippen molar-refractivity contribution in [3.05, 3.63) is 29.8 Å². The summed E-state index contributed by atoms with van der Waals surface area (Å²) in [6.07, 6.45) is 0.887. The summed E-state index contributed by atoms with van der Waals surface area (Å²) in [6, 6.07) is 8.09. The highest BCUT2D eigenvalue weighted by molar-refractivity contribution is 7.99. The first-order valence-corrected chi connectivity index (χ1v) is 8.16. The Balaban J connectivity index is 1.74. The molecule has 0 radical (unpaired) electrons. The molecule has 5 heteroatoms. The number of aliphatic carboxylic acids is 1. The number of amides is 1. The largest absolute Gasteiger partial charge is 0.481 e. The standard InChI is InChI=1S/C16H19NO3S/c1-16(2)12(13(16)15(19)20)14(18)17-10-7-8-21-11-6-4-3-5-9(10)11/h3-6,10,12-13H,7-8H2,1-2H3,(H,17,18)(H,19,20)/t10?,12-,13+/m1/s1. The van der Waals surface area contributed by atoms with Gasteiger partial charge in [0.15, 0.2) is 0 Å². The molecule has 0 spiro atoms. The molecule has 0 bridgehead atoms. The van der Waals surface area contributed by atoms with E-state index in [1.54, 1.807) is 11.8 Å². The summed E-state index contributed by atoms with van der Waals surface area (Å²) in [6.45, 7) is 3.70. The van der Waals surface area contributed by atoms with E-state index in [2.05, 4.69) is 11.4 Å². The zero-order valence-corrected chi connectivity index (χ0v) is 12.9. The van der Waals surface area contributed by atoms with Crippen molar-refractivity contribution in [2.24, 2.45) is 17.3 Å². The Morgan fingerprint density at radius 2 is 2.00 bits per heavy atom. The van der Waals surface area contributed by atoms with Gasteiger partial charge in [0.2, 0.25) is 5.91 Å².